The number of ketones is 1. The Morgan fingerprint density at radius 2 is 1.74 bits per heavy atom. The van der Waals surface area contributed by atoms with Crippen molar-refractivity contribution in [2.75, 3.05) is 6.61 Å². The van der Waals surface area contributed by atoms with E-state index in [9.17, 15) is 9.59 Å². The largest absolute Gasteiger partial charge is 0.460 e. The molecule has 0 saturated carbocycles. The Bertz CT molecular complexity index is 493. The normalized spacial score (nSPS) is 20.0. The molecule has 1 aliphatic rings. The van der Waals surface area contributed by atoms with Crippen molar-refractivity contribution in [3.8, 4) is 0 Å². The molecule has 156 valence electrons. The number of carbonyl (C=O) groups excluding carboxylic acids is 2. The first-order chi connectivity index (χ1) is 12.7. The predicted octanol–water partition coefficient (Wildman–Crippen LogP) is 6.15. The maximum Gasteiger partial charge on any atom is 0.306 e. The second-order valence-electron chi connectivity index (χ2n) is 8.43. The van der Waals surface area contributed by atoms with Crippen molar-refractivity contribution in [1.82, 2.24) is 0 Å². The second-order valence-corrected chi connectivity index (χ2v) is 9.68. The summed E-state index contributed by atoms with van der Waals surface area (Å²) in [4.78, 5) is 23.9. The van der Waals surface area contributed by atoms with Gasteiger partial charge in [0.25, 0.3) is 0 Å². The Morgan fingerprint density at radius 1 is 1.07 bits per heavy atom. The van der Waals surface area contributed by atoms with Crippen LogP contribution < -0.4 is 0 Å². The summed E-state index contributed by atoms with van der Waals surface area (Å²) < 4.78 is 12.4. The van der Waals surface area contributed by atoms with E-state index in [0.717, 1.165) is 35.7 Å². The number of hydrogen-bond donors (Lipinski definition) is 0. The molecule has 0 aromatic carbocycles. The summed E-state index contributed by atoms with van der Waals surface area (Å²) in [7, 11) is 0. The van der Waals surface area contributed by atoms with Crippen LogP contribution in [0.1, 0.15) is 91.9 Å². The van der Waals surface area contributed by atoms with Crippen molar-refractivity contribution in [1.29, 1.82) is 0 Å². The molecular formula is C22H37IO4. The average molecular weight is 492 g/mol. The molecule has 1 aliphatic carbocycles. The van der Waals surface area contributed by atoms with Gasteiger partial charge in [0.15, 0.2) is 5.78 Å². The summed E-state index contributed by atoms with van der Waals surface area (Å²) in [5.74, 6) is 0.0931. The first-order valence-electron chi connectivity index (χ1n) is 10.5. The van der Waals surface area contributed by atoms with E-state index in [1.165, 1.54) is 25.7 Å². The summed E-state index contributed by atoms with van der Waals surface area (Å²) in [6.07, 6.45) is 11.8. The van der Waals surface area contributed by atoms with Crippen molar-refractivity contribution < 1.29 is 19.1 Å². The molecule has 0 heterocycles. The van der Waals surface area contributed by atoms with Crippen LogP contribution in [0.15, 0.2) is 9.66 Å². The molecule has 2 atom stereocenters. The fourth-order valence-corrected chi connectivity index (χ4v) is 4.20. The van der Waals surface area contributed by atoms with Gasteiger partial charge in [0.2, 0.25) is 0 Å². The van der Waals surface area contributed by atoms with E-state index in [4.69, 9.17) is 9.47 Å². The Kier molecular flexibility index (Phi) is 11.8. The van der Waals surface area contributed by atoms with E-state index in [0.29, 0.717) is 13.0 Å². The highest BCUT2D eigenvalue weighted by Crippen LogP contribution is 2.33. The first kappa shape index (κ1) is 24.6. The van der Waals surface area contributed by atoms with Crippen molar-refractivity contribution in [3.63, 3.8) is 0 Å². The van der Waals surface area contributed by atoms with Gasteiger partial charge in [-0.15, -0.1) is 0 Å². The lowest BCUT2D eigenvalue weighted by atomic mass is 9.95. The van der Waals surface area contributed by atoms with Crippen LogP contribution in [0.25, 0.3) is 0 Å². The predicted molar refractivity (Wildman–Crippen MR) is 118 cm³/mol. The van der Waals surface area contributed by atoms with Crippen LogP contribution in [0.4, 0.5) is 0 Å². The number of rotatable bonds is 13. The highest BCUT2D eigenvalue weighted by atomic mass is 127. The molecule has 5 heteroatoms. The smallest absolute Gasteiger partial charge is 0.306 e. The van der Waals surface area contributed by atoms with Crippen LogP contribution in [-0.2, 0) is 19.1 Å². The van der Waals surface area contributed by atoms with Gasteiger partial charge in [0, 0.05) is 16.6 Å². The summed E-state index contributed by atoms with van der Waals surface area (Å²) in [6.45, 7) is 8.51. The molecule has 4 nitrogen and oxygen atoms in total. The molecule has 0 radical (unpaired) electrons. The molecule has 0 amide bonds. The van der Waals surface area contributed by atoms with Gasteiger partial charge in [-0.3, -0.25) is 9.59 Å². The van der Waals surface area contributed by atoms with E-state index in [1.54, 1.807) is 6.08 Å². The monoisotopic (exact) mass is 492 g/mol. The van der Waals surface area contributed by atoms with E-state index >= 15 is 0 Å². The summed E-state index contributed by atoms with van der Waals surface area (Å²) in [5.41, 5.74) is -0.413. The van der Waals surface area contributed by atoms with Crippen molar-refractivity contribution >= 4 is 34.3 Å². The van der Waals surface area contributed by atoms with Crippen LogP contribution in [0.3, 0.4) is 0 Å². The third kappa shape index (κ3) is 10.6. The maximum atomic E-state index is 12.2. The standard InChI is InChI=1S/C22H37IO4/c1-5-6-7-8-10-13-17-19(24)16-18(23)21(17)26-15-12-9-11-14-20(25)27-22(2,3)4/h16-17,21H,5-15H2,1-4H3. The third-order valence-corrected chi connectivity index (χ3v) is 5.57. The van der Waals surface area contributed by atoms with Crippen molar-refractivity contribution in [2.45, 2.75) is 104 Å². The number of allylic oxidation sites excluding steroid dienone is 1. The molecule has 0 fully saturated rings. The zero-order valence-corrected chi connectivity index (χ0v) is 19.7. The SMILES string of the molecule is CCCCCCCC1C(=O)C=C(I)C1OCCCCCC(=O)OC(C)(C)C. The van der Waals surface area contributed by atoms with Gasteiger partial charge in [-0.2, -0.15) is 0 Å². The van der Waals surface area contributed by atoms with Crippen LogP contribution in [-0.4, -0.2) is 30.1 Å². The van der Waals surface area contributed by atoms with Gasteiger partial charge in [0.1, 0.15) is 5.60 Å². The Morgan fingerprint density at radius 3 is 2.41 bits per heavy atom. The van der Waals surface area contributed by atoms with E-state index in [-0.39, 0.29) is 23.8 Å². The Hall–Kier alpha value is -0.430. The number of ether oxygens (including phenoxy) is 2. The van der Waals surface area contributed by atoms with Gasteiger partial charge in [-0.25, -0.2) is 0 Å². The molecular weight excluding hydrogens is 455 g/mol. The van der Waals surface area contributed by atoms with Crippen LogP contribution in [0.5, 0.6) is 0 Å². The lowest BCUT2D eigenvalue weighted by Crippen LogP contribution is -2.25. The van der Waals surface area contributed by atoms with Crippen molar-refractivity contribution in [3.05, 3.63) is 9.66 Å². The molecule has 0 N–H and O–H groups in total. The van der Waals surface area contributed by atoms with Gasteiger partial charge in [-0.1, -0.05) is 45.4 Å². The number of unbranched alkanes of at least 4 members (excludes halogenated alkanes) is 6. The van der Waals surface area contributed by atoms with E-state index in [1.807, 2.05) is 20.8 Å². The highest BCUT2D eigenvalue weighted by molar-refractivity contribution is 14.1. The fraction of sp³-hybridized carbons (Fsp3) is 0.818. The van der Waals surface area contributed by atoms with Gasteiger partial charge >= 0.3 is 5.97 Å². The van der Waals surface area contributed by atoms with Gasteiger partial charge < -0.3 is 9.47 Å². The third-order valence-electron chi connectivity index (χ3n) is 4.64. The van der Waals surface area contributed by atoms with Gasteiger partial charge in [0.05, 0.1) is 12.0 Å². The topological polar surface area (TPSA) is 52.6 Å². The van der Waals surface area contributed by atoms with Crippen LogP contribution >= 0.6 is 22.6 Å². The molecule has 2 unspecified atom stereocenters. The Balaban J connectivity index is 2.22. The maximum absolute atomic E-state index is 12.2. The van der Waals surface area contributed by atoms with E-state index < -0.39 is 5.60 Å². The summed E-state index contributed by atoms with van der Waals surface area (Å²) in [5, 5.41) is 0. The van der Waals surface area contributed by atoms with Crippen molar-refractivity contribution in [2.24, 2.45) is 5.92 Å². The zero-order chi connectivity index (χ0) is 20.3. The molecule has 0 spiro atoms. The molecule has 0 aromatic heterocycles. The number of halogens is 1. The molecule has 0 bridgehead atoms. The minimum atomic E-state index is -0.413. The van der Waals surface area contributed by atoms with E-state index in [2.05, 4.69) is 29.5 Å². The average Bonchev–Trinajstić information content (AvgIpc) is 2.82. The quantitative estimate of drug-likeness (QED) is 0.176. The number of esters is 1. The van der Waals surface area contributed by atoms with Gasteiger partial charge in [-0.05, 0) is 68.7 Å². The highest BCUT2D eigenvalue weighted by Gasteiger charge is 2.35. The first-order valence-corrected chi connectivity index (χ1v) is 11.6. The summed E-state index contributed by atoms with van der Waals surface area (Å²) in [6, 6.07) is 0. The fourth-order valence-electron chi connectivity index (χ4n) is 3.27. The lowest BCUT2D eigenvalue weighted by Gasteiger charge is -2.21. The molecule has 0 aliphatic heterocycles. The molecule has 0 saturated heterocycles. The molecule has 1 rings (SSSR count). The minimum Gasteiger partial charge on any atom is -0.460 e. The Labute approximate surface area is 179 Å². The summed E-state index contributed by atoms with van der Waals surface area (Å²) >= 11 is 2.24. The second kappa shape index (κ2) is 12.9. The number of hydrogen-bond acceptors (Lipinski definition) is 4. The zero-order valence-electron chi connectivity index (χ0n) is 17.5. The molecule has 27 heavy (non-hydrogen) atoms. The number of carbonyl (C=O) groups is 2. The van der Waals surface area contributed by atoms with Crippen LogP contribution in [0, 0.1) is 5.92 Å². The lowest BCUT2D eigenvalue weighted by molar-refractivity contribution is -0.155. The molecule has 0 aromatic rings. The minimum absolute atomic E-state index is 0.000268. The van der Waals surface area contributed by atoms with Crippen LogP contribution in [0.2, 0.25) is 0 Å².